The number of nitrogens with two attached hydrogens (primary N) is 1. The number of pyridine rings is 1. The second-order valence-electron chi connectivity index (χ2n) is 7.74. The molecule has 0 spiro atoms. The van der Waals surface area contributed by atoms with Crippen LogP contribution < -0.4 is 10.6 Å². The Bertz CT molecular complexity index is 969. The molecule has 150 valence electrons. The van der Waals surface area contributed by atoms with Gasteiger partial charge in [-0.3, -0.25) is 4.68 Å². The van der Waals surface area contributed by atoms with Gasteiger partial charge in [0.1, 0.15) is 0 Å². The fraction of sp³-hybridized carbons (Fsp3) is 0.571. The molecule has 0 saturated heterocycles. The number of unbranched alkanes of at least 4 members (excludes halogenated alkanes) is 2. The maximum Gasteiger partial charge on any atom is 0.160 e. The molecule has 0 unspecified atom stereocenters. The zero-order valence-corrected chi connectivity index (χ0v) is 17.3. The number of fused-ring (bicyclic) bond motifs is 2. The van der Waals surface area contributed by atoms with Gasteiger partial charge in [0, 0.05) is 49.6 Å². The Kier molecular flexibility index (Phi) is 5.35. The minimum atomic E-state index is 0.777. The zero-order chi connectivity index (χ0) is 19.7. The van der Waals surface area contributed by atoms with Crippen molar-refractivity contribution in [3.63, 3.8) is 0 Å². The van der Waals surface area contributed by atoms with Crippen LogP contribution in [0.25, 0.3) is 11.0 Å². The van der Waals surface area contributed by atoms with Crippen molar-refractivity contribution in [2.24, 2.45) is 5.73 Å². The minimum Gasteiger partial charge on any atom is -0.366 e. The molecule has 0 saturated carbocycles. The lowest BCUT2D eigenvalue weighted by molar-refractivity contribution is 0.520. The molecule has 3 aromatic heterocycles. The minimum absolute atomic E-state index is 0.777. The Hall–Kier alpha value is -2.41. The Morgan fingerprint density at radius 3 is 2.79 bits per heavy atom. The molecule has 0 bridgehead atoms. The fourth-order valence-corrected chi connectivity index (χ4v) is 4.28. The van der Waals surface area contributed by atoms with E-state index in [1.54, 1.807) is 0 Å². The summed E-state index contributed by atoms with van der Waals surface area (Å²) in [6.45, 7) is 10.8. The molecule has 1 aliphatic rings. The molecule has 0 radical (unpaired) electrons. The lowest BCUT2D eigenvalue weighted by Gasteiger charge is -2.30. The molecule has 0 atom stereocenters. The molecular weight excluding hydrogens is 350 g/mol. The summed E-state index contributed by atoms with van der Waals surface area (Å²) in [5.41, 5.74) is 12.8. The Morgan fingerprint density at radius 2 is 2.00 bits per heavy atom. The van der Waals surface area contributed by atoms with Crippen LogP contribution in [0.5, 0.6) is 0 Å². The van der Waals surface area contributed by atoms with Gasteiger partial charge < -0.3 is 10.6 Å². The summed E-state index contributed by atoms with van der Waals surface area (Å²) in [4.78, 5) is 7.19. The summed E-state index contributed by atoms with van der Waals surface area (Å²) >= 11 is 0. The number of nitrogens with zero attached hydrogens (tertiary/aromatic N) is 6. The van der Waals surface area contributed by atoms with E-state index in [0.717, 1.165) is 74.4 Å². The molecule has 4 heterocycles. The van der Waals surface area contributed by atoms with Gasteiger partial charge in [-0.05, 0) is 46.2 Å². The summed E-state index contributed by atoms with van der Waals surface area (Å²) in [5, 5.41) is 10.5. The highest BCUT2D eigenvalue weighted by molar-refractivity contribution is 5.89. The van der Waals surface area contributed by atoms with Crippen LogP contribution in [0.3, 0.4) is 0 Å². The van der Waals surface area contributed by atoms with E-state index in [1.807, 2.05) is 10.9 Å². The summed E-state index contributed by atoms with van der Waals surface area (Å²) in [5.74, 6) is 0. The summed E-state index contributed by atoms with van der Waals surface area (Å²) < 4.78 is 4.22. The predicted octanol–water partition coefficient (Wildman–Crippen LogP) is 2.96. The van der Waals surface area contributed by atoms with Gasteiger partial charge in [-0.1, -0.05) is 6.42 Å². The number of aromatic nitrogens is 5. The van der Waals surface area contributed by atoms with Crippen molar-refractivity contribution in [3.05, 3.63) is 34.9 Å². The predicted molar refractivity (Wildman–Crippen MR) is 113 cm³/mol. The van der Waals surface area contributed by atoms with Crippen LogP contribution in [0, 0.1) is 13.8 Å². The van der Waals surface area contributed by atoms with E-state index in [0.29, 0.717) is 0 Å². The third-order valence-electron chi connectivity index (χ3n) is 5.76. The second-order valence-corrected chi connectivity index (χ2v) is 7.74. The van der Waals surface area contributed by atoms with Crippen molar-refractivity contribution in [2.75, 3.05) is 18.0 Å². The lowest BCUT2D eigenvalue weighted by atomic mass is 10.0. The maximum atomic E-state index is 5.62. The lowest BCUT2D eigenvalue weighted by Crippen LogP contribution is -2.31. The van der Waals surface area contributed by atoms with Gasteiger partial charge in [-0.25, -0.2) is 9.67 Å². The van der Waals surface area contributed by atoms with Crippen LogP contribution in [0.1, 0.15) is 48.8 Å². The highest BCUT2D eigenvalue weighted by Crippen LogP contribution is 2.32. The van der Waals surface area contributed by atoms with Crippen LogP contribution in [0.2, 0.25) is 0 Å². The van der Waals surface area contributed by atoms with Crippen LogP contribution in [-0.2, 0) is 26.1 Å². The number of hydrogen-bond donors (Lipinski definition) is 1. The normalized spacial score (nSPS) is 14.1. The van der Waals surface area contributed by atoms with E-state index < -0.39 is 0 Å². The van der Waals surface area contributed by atoms with Crippen LogP contribution >= 0.6 is 0 Å². The van der Waals surface area contributed by atoms with E-state index in [9.17, 15) is 0 Å². The molecule has 1 aliphatic heterocycles. The van der Waals surface area contributed by atoms with Crippen molar-refractivity contribution < 1.29 is 0 Å². The second kappa shape index (κ2) is 7.91. The molecule has 7 heteroatoms. The first kappa shape index (κ1) is 18.9. The average Bonchev–Trinajstić information content (AvgIpc) is 3.25. The monoisotopic (exact) mass is 381 g/mol. The van der Waals surface area contributed by atoms with Gasteiger partial charge in [0.2, 0.25) is 0 Å². The summed E-state index contributed by atoms with van der Waals surface area (Å²) in [6, 6.07) is 2.20. The molecule has 0 aromatic carbocycles. The van der Waals surface area contributed by atoms with E-state index >= 15 is 0 Å². The van der Waals surface area contributed by atoms with Gasteiger partial charge >= 0.3 is 0 Å². The highest BCUT2D eigenvalue weighted by Gasteiger charge is 2.25. The van der Waals surface area contributed by atoms with Crippen molar-refractivity contribution in [2.45, 2.75) is 66.1 Å². The Balaban J connectivity index is 1.60. The zero-order valence-electron chi connectivity index (χ0n) is 17.3. The fourth-order valence-electron chi connectivity index (χ4n) is 4.28. The first-order valence-corrected chi connectivity index (χ1v) is 10.5. The Morgan fingerprint density at radius 1 is 1.14 bits per heavy atom. The highest BCUT2D eigenvalue weighted by atomic mass is 15.3. The van der Waals surface area contributed by atoms with Crippen molar-refractivity contribution in [3.8, 4) is 0 Å². The summed E-state index contributed by atoms with van der Waals surface area (Å²) in [7, 11) is 0. The standard InChI is InChI=1S/C21H31N7/c1-4-27-21-17(13-23-27)20(12-15(2)24-21)26-11-8-19-18(14-26)16(3)25-28(19)10-7-5-6-9-22/h12-13H,4-11,14,22H2,1-3H3. The third-order valence-corrected chi connectivity index (χ3v) is 5.76. The maximum absolute atomic E-state index is 5.62. The molecule has 7 nitrogen and oxygen atoms in total. The molecule has 0 amide bonds. The largest absolute Gasteiger partial charge is 0.366 e. The first-order valence-electron chi connectivity index (χ1n) is 10.5. The smallest absolute Gasteiger partial charge is 0.160 e. The van der Waals surface area contributed by atoms with E-state index in [1.165, 1.54) is 23.4 Å². The van der Waals surface area contributed by atoms with E-state index in [2.05, 4.69) is 41.5 Å². The Labute approximate surface area is 166 Å². The molecule has 28 heavy (non-hydrogen) atoms. The SMILES string of the molecule is CCn1ncc2c(N3CCc4c(c(C)nn4CCCCCN)C3)cc(C)nc21. The molecule has 4 rings (SSSR count). The van der Waals surface area contributed by atoms with Gasteiger partial charge in [-0.15, -0.1) is 0 Å². The van der Waals surface area contributed by atoms with Gasteiger partial charge in [0.25, 0.3) is 0 Å². The van der Waals surface area contributed by atoms with E-state index in [-0.39, 0.29) is 0 Å². The first-order chi connectivity index (χ1) is 13.6. The number of aryl methyl sites for hydroxylation is 4. The van der Waals surface area contributed by atoms with Crippen LogP contribution in [0.4, 0.5) is 5.69 Å². The van der Waals surface area contributed by atoms with Crippen molar-refractivity contribution >= 4 is 16.7 Å². The van der Waals surface area contributed by atoms with Gasteiger partial charge in [-0.2, -0.15) is 10.2 Å². The number of anilines is 1. The molecule has 0 aliphatic carbocycles. The number of rotatable bonds is 7. The third kappa shape index (κ3) is 3.39. The van der Waals surface area contributed by atoms with Gasteiger partial charge in [0.05, 0.1) is 23.0 Å². The summed E-state index contributed by atoms with van der Waals surface area (Å²) in [6.07, 6.45) is 6.40. The van der Waals surface area contributed by atoms with Crippen molar-refractivity contribution in [1.82, 2.24) is 24.5 Å². The van der Waals surface area contributed by atoms with E-state index in [4.69, 9.17) is 15.8 Å². The quantitative estimate of drug-likeness (QED) is 0.637. The topological polar surface area (TPSA) is 77.8 Å². The number of hydrogen-bond acceptors (Lipinski definition) is 5. The molecular formula is C21H31N7. The van der Waals surface area contributed by atoms with Crippen LogP contribution in [0.15, 0.2) is 12.3 Å². The molecule has 0 fully saturated rings. The van der Waals surface area contributed by atoms with Crippen molar-refractivity contribution in [1.29, 1.82) is 0 Å². The van der Waals surface area contributed by atoms with Gasteiger partial charge in [0.15, 0.2) is 5.65 Å². The van der Waals surface area contributed by atoms with Crippen LogP contribution in [-0.4, -0.2) is 37.6 Å². The average molecular weight is 382 g/mol. The molecule has 3 aromatic rings. The molecule has 2 N–H and O–H groups in total.